The number of benzene rings is 1. The maximum absolute atomic E-state index is 12.4. The number of nitrogens with zero attached hydrogens (tertiary/aromatic N) is 2. The summed E-state index contributed by atoms with van der Waals surface area (Å²) in [6, 6.07) is 5.58. The van der Waals surface area contributed by atoms with E-state index in [9.17, 15) is 4.79 Å². The van der Waals surface area contributed by atoms with Crippen molar-refractivity contribution in [2.24, 2.45) is 18.2 Å². The molecule has 1 aliphatic heterocycles. The van der Waals surface area contributed by atoms with Crippen LogP contribution in [0.4, 0.5) is 0 Å². The lowest BCUT2D eigenvalue weighted by Gasteiger charge is -2.38. The van der Waals surface area contributed by atoms with Crippen LogP contribution in [0.3, 0.4) is 0 Å². The molecule has 0 saturated carbocycles. The Balaban J connectivity index is 2.01. The zero-order chi connectivity index (χ0) is 12.8. The Kier molecular flexibility index (Phi) is 2.46. The number of hydrogen-bond donors (Lipinski definition) is 1. The number of carbonyl (C=O) groups is 1. The predicted octanol–water partition coefficient (Wildman–Crippen LogP) is 0.731. The topological polar surface area (TPSA) is 70.1 Å². The fraction of sp³-hybridized carbons (Fsp3) is 0.385. The summed E-state index contributed by atoms with van der Waals surface area (Å²) in [7, 11) is 1.93. The summed E-state index contributed by atoms with van der Waals surface area (Å²) in [6.07, 6.45) is 1.74. The molecule has 5 heteroatoms. The molecule has 0 unspecified atom stereocenters. The van der Waals surface area contributed by atoms with Crippen molar-refractivity contribution in [2.45, 2.75) is 0 Å². The number of rotatable bonds is 3. The number of fused-ring (bicyclic) bond motifs is 1. The van der Waals surface area contributed by atoms with Crippen molar-refractivity contribution >= 4 is 16.8 Å². The van der Waals surface area contributed by atoms with E-state index >= 15 is 0 Å². The summed E-state index contributed by atoms with van der Waals surface area (Å²) >= 11 is 0. The minimum atomic E-state index is -0.525. The van der Waals surface area contributed by atoms with Crippen molar-refractivity contribution in [3.05, 3.63) is 30.1 Å². The van der Waals surface area contributed by atoms with Crippen LogP contribution in [0.25, 0.3) is 11.0 Å². The zero-order valence-electron chi connectivity index (χ0n) is 10.2. The molecule has 3 rings (SSSR count). The molecule has 94 valence electrons. The van der Waals surface area contributed by atoms with Crippen molar-refractivity contribution in [3.63, 3.8) is 0 Å². The molecule has 5 nitrogen and oxygen atoms in total. The van der Waals surface area contributed by atoms with E-state index in [0.29, 0.717) is 25.3 Å². The van der Waals surface area contributed by atoms with Crippen LogP contribution in [0.5, 0.6) is 0 Å². The lowest BCUT2D eigenvalue weighted by molar-refractivity contribution is -0.0816. The largest absolute Gasteiger partial charge is 0.379 e. The number of aromatic nitrogens is 2. The van der Waals surface area contributed by atoms with E-state index < -0.39 is 5.41 Å². The summed E-state index contributed by atoms with van der Waals surface area (Å²) in [6.45, 7) is 1.16. The quantitative estimate of drug-likeness (QED) is 0.809. The van der Waals surface area contributed by atoms with Gasteiger partial charge in [-0.15, -0.1) is 0 Å². The minimum Gasteiger partial charge on any atom is -0.379 e. The smallest absolute Gasteiger partial charge is 0.175 e. The highest BCUT2D eigenvalue weighted by Crippen LogP contribution is 2.31. The Morgan fingerprint density at radius 3 is 2.94 bits per heavy atom. The Bertz CT molecular complexity index is 608. The van der Waals surface area contributed by atoms with Gasteiger partial charge in [-0.05, 0) is 18.2 Å². The van der Waals surface area contributed by atoms with Crippen LogP contribution in [0.1, 0.15) is 10.4 Å². The number of ether oxygens (including phenoxy) is 1. The Labute approximate surface area is 105 Å². The standard InChI is InChI=1S/C13H15N3O2/c1-16-8-15-10-4-9(2-3-11(10)16)12(17)13(5-14)6-18-7-13/h2-4,8H,5-7,14H2,1H3. The van der Waals surface area contributed by atoms with Gasteiger partial charge >= 0.3 is 0 Å². The summed E-state index contributed by atoms with van der Waals surface area (Å²) in [5.74, 6) is 0.0591. The summed E-state index contributed by atoms with van der Waals surface area (Å²) < 4.78 is 7.07. The van der Waals surface area contributed by atoms with Crippen LogP contribution < -0.4 is 5.73 Å². The monoisotopic (exact) mass is 245 g/mol. The molecule has 1 saturated heterocycles. The number of imidazole rings is 1. The number of nitrogens with two attached hydrogens (primary N) is 1. The molecule has 0 radical (unpaired) electrons. The van der Waals surface area contributed by atoms with E-state index in [0.717, 1.165) is 11.0 Å². The van der Waals surface area contributed by atoms with Gasteiger partial charge in [-0.25, -0.2) is 4.98 Å². The highest BCUT2D eigenvalue weighted by Gasteiger charge is 2.44. The van der Waals surface area contributed by atoms with Gasteiger partial charge in [-0.3, -0.25) is 4.79 Å². The number of aryl methyl sites for hydroxylation is 1. The first-order valence-corrected chi connectivity index (χ1v) is 5.90. The third-order valence-electron chi connectivity index (χ3n) is 3.62. The van der Waals surface area contributed by atoms with Gasteiger partial charge in [-0.1, -0.05) is 0 Å². The normalized spacial score (nSPS) is 17.7. The molecule has 18 heavy (non-hydrogen) atoms. The van der Waals surface area contributed by atoms with Crippen molar-refractivity contribution in [1.82, 2.24) is 9.55 Å². The molecule has 1 aliphatic rings. The van der Waals surface area contributed by atoms with Gasteiger partial charge in [-0.2, -0.15) is 0 Å². The first kappa shape index (κ1) is 11.4. The average Bonchev–Trinajstić information content (AvgIpc) is 2.70. The fourth-order valence-electron chi connectivity index (χ4n) is 2.27. The molecule has 2 N–H and O–H groups in total. The van der Waals surface area contributed by atoms with Gasteiger partial charge in [0.25, 0.3) is 0 Å². The molecule has 1 aromatic carbocycles. The average molecular weight is 245 g/mol. The summed E-state index contributed by atoms with van der Waals surface area (Å²) in [4.78, 5) is 16.7. The second kappa shape index (κ2) is 3.90. The van der Waals surface area contributed by atoms with Gasteiger partial charge in [0, 0.05) is 19.2 Å². The minimum absolute atomic E-state index is 0.0591. The molecule has 0 spiro atoms. The molecular formula is C13H15N3O2. The summed E-state index contributed by atoms with van der Waals surface area (Å²) in [5, 5.41) is 0. The van der Waals surface area contributed by atoms with Crippen molar-refractivity contribution < 1.29 is 9.53 Å². The van der Waals surface area contributed by atoms with Gasteiger partial charge in [0.15, 0.2) is 5.78 Å². The number of carbonyl (C=O) groups excluding carboxylic acids is 1. The van der Waals surface area contributed by atoms with Gasteiger partial charge in [0.05, 0.1) is 36.0 Å². The molecule has 2 aromatic rings. The van der Waals surface area contributed by atoms with E-state index in [2.05, 4.69) is 4.98 Å². The number of Topliss-reactive ketones (excluding diaryl/α,β-unsaturated/α-hetero) is 1. The van der Waals surface area contributed by atoms with Crippen LogP contribution in [0.15, 0.2) is 24.5 Å². The Morgan fingerprint density at radius 1 is 1.56 bits per heavy atom. The summed E-state index contributed by atoms with van der Waals surface area (Å²) in [5.41, 5.74) is 7.68. The van der Waals surface area contributed by atoms with E-state index in [-0.39, 0.29) is 5.78 Å². The van der Waals surface area contributed by atoms with Crippen LogP contribution in [0.2, 0.25) is 0 Å². The highest BCUT2D eigenvalue weighted by molar-refractivity contribution is 6.03. The van der Waals surface area contributed by atoms with E-state index in [1.807, 2.05) is 29.8 Å². The molecule has 2 heterocycles. The Morgan fingerprint density at radius 2 is 2.33 bits per heavy atom. The van der Waals surface area contributed by atoms with Gasteiger partial charge in [0.2, 0.25) is 0 Å². The Hall–Kier alpha value is -1.72. The molecule has 1 aromatic heterocycles. The van der Waals surface area contributed by atoms with Crippen LogP contribution >= 0.6 is 0 Å². The van der Waals surface area contributed by atoms with E-state index in [1.54, 1.807) is 6.33 Å². The van der Waals surface area contributed by atoms with Crippen molar-refractivity contribution in [2.75, 3.05) is 19.8 Å². The number of ketones is 1. The maximum atomic E-state index is 12.4. The highest BCUT2D eigenvalue weighted by atomic mass is 16.5. The van der Waals surface area contributed by atoms with Crippen molar-refractivity contribution in [3.8, 4) is 0 Å². The lowest BCUT2D eigenvalue weighted by atomic mass is 9.78. The molecule has 0 aliphatic carbocycles. The van der Waals surface area contributed by atoms with Crippen molar-refractivity contribution in [1.29, 1.82) is 0 Å². The lowest BCUT2D eigenvalue weighted by Crippen LogP contribution is -2.54. The number of hydrogen-bond acceptors (Lipinski definition) is 4. The van der Waals surface area contributed by atoms with Crippen LogP contribution in [0, 0.1) is 5.41 Å². The molecule has 1 fully saturated rings. The SMILES string of the molecule is Cn1cnc2cc(C(=O)C3(CN)COC3)ccc21. The van der Waals surface area contributed by atoms with Crippen LogP contribution in [-0.4, -0.2) is 35.1 Å². The first-order chi connectivity index (χ1) is 8.66. The van der Waals surface area contributed by atoms with E-state index in [4.69, 9.17) is 10.5 Å². The molecular weight excluding hydrogens is 230 g/mol. The first-order valence-electron chi connectivity index (χ1n) is 5.90. The maximum Gasteiger partial charge on any atom is 0.175 e. The van der Waals surface area contributed by atoms with E-state index in [1.165, 1.54) is 0 Å². The van der Waals surface area contributed by atoms with Gasteiger partial charge < -0.3 is 15.0 Å². The molecule has 0 bridgehead atoms. The molecule has 0 amide bonds. The second-order valence-electron chi connectivity index (χ2n) is 4.87. The zero-order valence-corrected chi connectivity index (χ0v) is 10.2. The fourth-order valence-corrected chi connectivity index (χ4v) is 2.27. The third kappa shape index (κ3) is 1.48. The van der Waals surface area contributed by atoms with Crippen LogP contribution in [-0.2, 0) is 11.8 Å². The third-order valence-corrected chi connectivity index (χ3v) is 3.62. The predicted molar refractivity (Wildman–Crippen MR) is 67.4 cm³/mol. The molecule has 0 atom stereocenters. The van der Waals surface area contributed by atoms with Gasteiger partial charge in [0.1, 0.15) is 0 Å². The second-order valence-corrected chi connectivity index (χ2v) is 4.87.